The molecule has 1 aromatic heterocycles. The van der Waals surface area contributed by atoms with Crippen LogP contribution in [0.2, 0.25) is 0 Å². The van der Waals surface area contributed by atoms with Gasteiger partial charge >= 0.3 is 0 Å². The van der Waals surface area contributed by atoms with Gasteiger partial charge in [-0.05, 0) is 32.4 Å². The zero-order valence-corrected chi connectivity index (χ0v) is 10.3. The molecule has 2 unspecified atom stereocenters. The van der Waals surface area contributed by atoms with Gasteiger partial charge in [-0.3, -0.25) is 0 Å². The van der Waals surface area contributed by atoms with E-state index in [-0.39, 0.29) is 12.1 Å². The van der Waals surface area contributed by atoms with Crippen molar-refractivity contribution in [3.63, 3.8) is 0 Å². The van der Waals surface area contributed by atoms with Crippen molar-refractivity contribution >= 4 is 11.0 Å². The van der Waals surface area contributed by atoms with Crippen molar-refractivity contribution in [1.82, 2.24) is 5.32 Å². The van der Waals surface area contributed by atoms with Crippen LogP contribution in [-0.4, -0.2) is 17.3 Å². The molecular weight excluding hydrogens is 214 g/mol. The van der Waals surface area contributed by atoms with Crippen LogP contribution in [0.15, 0.2) is 34.7 Å². The molecule has 0 aliphatic heterocycles. The van der Waals surface area contributed by atoms with Crippen LogP contribution in [0, 0.1) is 0 Å². The lowest BCUT2D eigenvalue weighted by atomic mass is 10.1. The molecule has 0 radical (unpaired) electrons. The molecule has 1 heterocycles. The third kappa shape index (κ3) is 3.32. The molecule has 0 bridgehead atoms. The third-order valence-corrected chi connectivity index (χ3v) is 2.80. The quantitative estimate of drug-likeness (QED) is 0.834. The van der Waals surface area contributed by atoms with E-state index in [2.05, 4.69) is 18.3 Å². The maximum atomic E-state index is 9.27. The average molecular weight is 233 g/mol. The molecule has 2 aromatic rings. The molecule has 2 atom stereocenters. The fourth-order valence-electron chi connectivity index (χ4n) is 1.99. The van der Waals surface area contributed by atoms with E-state index >= 15 is 0 Å². The fraction of sp³-hybridized carbons (Fsp3) is 0.429. The van der Waals surface area contributed by atoms with Crippen LogP contribution in [-0.2, 0) is 6.54 Å². The summed E-state index contributed by atoms with van der Waals surface area (Å²) < 4.78 is 5.70. The van der Waals surface area contributed by atoms with Crippen LogP contribution in [0.3, 0.4) is 0 Å². The molecule has 0 saturated carbocycles. The number of aliphatic hydroxyl groups excluding tert-OH is 1. The van der Waals surface area contributed by atoms with Crippen LogP contribution in [0.1, 0.15) is 26.0 Å². The molecule has 3 nitrogen and oxygen atoms in total. The predicted molar refractivity (Wildman–Crippen MR) is 68.8 cm³/mol. The Morgan fingerprint density at radius 3 is 2.76 bits per heavy atom. The molecule has 0 fully saturated rings. The highest BCUT2D eigenvalue weighted by Crippen LogP contribution is 2.18. The Bertz CT molecular complexity index is 443. The van der Waals surface area contributed by atoms with E-state index in [0.717, 1.165) is 23.2 Å². The van der Waals surface area contributed by atoms with Gasteiger partial charge in [0.1, 0.15) is 11.3 Å². The molecule has 2 N–H and O–H groups in total. The van der Waals surface area contributed by atoms with E-state index in [0.29, 0.717) is 6.54 Å². The minimum absolute atomic E-state index is 0.270. The first-order valence-electron chi connectivity index (χ1n) is 6.04. The van der Waals surface area contributed by atoms with Crippen molar-refractivity contribution in [3.8, 4) is 0 Å². The highest BCUT2D eigenvalue weighted by Gasteiger charge is 2.07. The number of hydrogen-bond acceptors (Lipinski definition) is 3. The first-order chi connectivity index (χ1) is 8.15. The van der Waals surface area contributed by atoms with E-state index in [4.69, 9.17) is 4.42 Å². The number of fused-ring (bicyclic) bond motifs is 1. The summed E-state index contributed by atoms with van der Waals surface area (Å²) in [5.41, 5.74) is 0.924. The summed E-state index contributed by atoms with van der Waals surface area (Å²) in [6, 6.07) is 10.3. The van der Waals surface area contributed by atoms with Crippen molar-refractivity contribution in [1.29, 1.82) is 0 Å². The lowest BCUT2D eigenvalue weighted by Crippen LogP contribution is -2.28. The molecule has 0 amide bonds. The second-order valence-corrected chi connectivity index (χ2v) is 4.62. The van der Waals surface area contributed by atoms with Crippen molar-refractivity contribution < 1.29 is 9.52 Å². The largest absolute Gasteiger partial charge is 0.460 e. The van der Waals surface area contributed by atoms with Crippen LogP contribution >= 0.6 is 0 Å². The minimum atomic E-state index is -0.270. The van der Waals surface area contributed by atoms with Gasteiger partial charge in [0.2, 0.25) is 0 Å². The Kier molecular flexibility index (Phi) is 3.82. The minimum Gasteiger partial charge on any atom is -0.460 e. The molecule has 92 valence electrons. The van der Waals surface area contributed by atoms with E-state index in [1.165, 1.54) is 0 Å². The van der Waals surface area contributed by atoms with E-state index < -0.39 is 0 Å². The van der Waals surface area contributed by atoms with Gasteiger partial charge in [-0.15, -0.1) is 0 Å². The topological polar surface area (TPSA) is 45.4 Å². The van der Waals surface area contributed by atoms with Gasteiger partial charge in [-0.2, -0.15) is 0 Å². The summed E-state index contributed by atoms with van der Waals surface area (Å²) in [5.74, 6) is 0.934. The average Bonchev–Trinajstić information content (AvgIpc) is 2.68. The fourth-order valence-corrected chi connectivity index (χ4v) is 1.99. The van der Waals surface area contributed by atoms with Crippen molar-refractivity contribution in [2.75, 3.05) is 0 Å². The number of furan rings is 1. The van der Waals surface area contributed by atoms with Gasteiger partial charge in [0.15, 0.2) is 0 Å². The maximum absolute atomic E-state index is 9.27. The molecule has 3 heteroatoms. The van der Waals surface area contributed by atoms with Gasteiger partial charge in [-0.1, -0.05) is 18.2 Å². The van der Waals surface area contributed by atoms with Gasteiger partial charge in [-0.25, -0.2) is 0 Å². The predicted octanol–water partition coefficient (Wildman–Crippen LogP) is 2.68. The Hall–Kier alpha value is -1.32. The lowest BCUT2D eigenvalue weighted by molar-refractivity contribution is 0.170. The molecule has 0 spiro atoms. The monoisotopic (exact) mass is 233 g/mol. The molecule has 17 heavy (non-hydrogen) atoms. The molecule has 1 aromatic carbocycles. The van der Waals surface area contributed by atoms with Gasteiger partial charge in [0.25, 0.3) is 0 Å². The van der Waals surface area contributed by atoms with Crippen molar-refractivity contribution in [2.24, 2.45) is 0 Å². The maximum Gasteiger partial charge on any atom is 0.134 e. The third-order valence-electron chi connectivity index (χ3n) is 2.80. The van der Waals surface area contributed by atoms with Gasteiger partial charge in [0.05, 0.1) is 12.6 Å². The molecule has 2 rings (SSSR count). The smallest absolute Gasteiger partial charge is 0.134 e. The van der Waals surface area contributed by atoms with Crippen LogP contribution < -0.4 is 5.32 Å². The van der Waals surface area contributed by atoms with Gasteiger partial charge < -0.3 is 14.8 Å². The normalized spacial score (nSPS) is 15.0. The highest BCUT2D eigenvalue weighted by molar-refractivity contribution is 5.77. The summed E-state index contributed by atoms with van der Waals surface area (Å²) in [7, 11) is 0. The van der Waals surface area contributed by atoms with Crippen LogP contribution in [0.4, 0.5) is 0 Å². The Morgan fingerprint density at radius 2 is 2.06 bits per heavy atom. The van der Waals surface area contributed by atoms with E-state index in [9.17, 15) is 5.11 Å². The molecule has 0 aliphatic rings. The van der Waals surface area contributed by atoms with E-state index in [1.54, 1.807) is 6.92 Å². The van der Waals surface area contributed by atoms with Crippen molar-refractivity contribution in [2.45, 2.75) is 39.0 Å². The summed E-state index contributed by atoms with van der Waals surface area (Å²) >= 11 is 0. The van der Waals surface area contributed by atoms with Crippen molar-refractivity contribution in [3.05, 3.63) is 36.1 Å². The molecule has 0 aliphatic carbocycles. The van der Waals surface area contributed by atoms with Gasteiger partial charge in [0, 0.05) is 11.4 Å². The Balaban J connectivity index is 1.95. The second kappa shape index (κ2) is 5.34. The van der Waals surface area contributed by atoms with Crippen LogP contribution in [0.5, 0.6) is 0 Å². The lowest BCUT2D eigenvalue weighted by Gasteiger charge is -2.14. The first kappa shape index (κ1) is 12.1. The zero-order valence-electron chi connectivity index (χ0n) is 10.3. The Labute approximate surface area is 101 Å². The number of benzene rings is 1. The highest BCUT2D eigenvalue weighted by atomic mass is 16.3. The summed E-state index contributed by atoms with van der Waals surface area (Å²) in [5, 5.41) is 13.7. The molecule has 0 saturated heterocycles. The number of nitrogens with one attached hydrogen (secondary N) is 1. The molecular formula is C14H19NO2. The number of aliphatic hydroxyl groups is 1. The SMILES string of the molecule is CC(O)CC(C)NCc1cc2ccccc2o1. The summed E-state index contributed by atoms with van der Waals surface area (Å²) in [4.78, 5) is 0. The standard InChI is InChI=1S/C14H19NO2/c1-10(7-11(2)16)15-9-13-8-12-5-3-4-6-14(12)17-13/h3-6,8,10-11,15-16H,7,9H2,1-2H3. The second-order valence-electron chi connectivity index (χ2n) is 4.62. The van der Waals surface area contributed by atoms with Crippen LogP contribution in [0.25, 0.3) is 11.0 Å². The first-order valence-corrected chi connectivity index (χ1v) is 6.04. The summed E-state index contributed by atoms with van der Waals surface area (Å²) in [6.45, 7) is 4.57. The summed E-state index contributed by atoms with van der Waals surface area (Å²) in [6.07, 6.45) is 0.480. The number of hydrogen-bond donors (Lipinski definition) is 2. The Morgan fingerprint density at radius 1 is 1.29 bits per heavy atom. The van der Waals surface area contributed by atoms with E-state index in [1.807, 2.05) is 24.3 Å². The number of para-hydroxylation sites is 1. The zero-order chi connectivity index (χ0) is 12.3. The number of rotatable bonds is 5.